The van der Waals surface area contributed by atoms with Crippen LogP contribution in [0.25, 0.3) is 0 Å². The van der Waals surface area contributed by atoms with Crippen LogP contribution in [0.3, 0.4) is 0 Å². The number of halogens is 2. The second-order valence-electron chi connectivity index (χ2n) is 7.12. The summed E-state index contributed by atoms with van der Waals surface area (Å²) in [5.41, 5.74) is -0.332. The highest BCUT2D eigenvalue weighted by Gasteiger charge is 2.18. The second-order valence-corrected chi connectivity index (χ2v) is 7.98. The summed E-state index contributed by atoms with van der Waals surface area (Å²) in [7, 11) is 1.25. The van der Waals surface area contributed by atoms with Crippen LogP contribution in [0, 0.1) is 11.7 Å². The SMILES string of the molecule is COC(=O)c1cc(Br)c(F)cc1OCCC(C)CCC(=O)OC(C)(C)C. The lowest BCUT2D eigenvalue weighted by atomic mass is 10.0. The number of rotatable bonds is 8. The van der Waals surface area contributed by atoms with Crippen molar-refractivity contribution < 1.29 is 28.2 Å². The molecule has 0 aliphatic heterocycles. The molecular formula is C19H26BrFO5. The maximum absolute atomic E-state index is 13.7. The van der Waals surface area contributed by atoms with Crippen LogP contribution in [0.15, 0.2) is 16.6 Å². The topological polar surface area (TPSA) is 61.8 Å². The molecule has 7 heteroatoms. The smallest absolute Gasteiger partial charge is 0.341 e. The molecule has 0 N–H and O–H groups in total. The average molecular weight is 433 g/mol. The third kappa shape index (κ3) is 7.72. The van der Waals surface area contributed by atoms with Gasteiger partial charge in [0.15, 0.2) is 0 Å². The van der Waals surface area contributed by atoms with Gasteiger partial charge in [0.2, 0.25) is 0 Å². The maximum Gasteiger partial charge on any atom is 0.341 e. The summed E-state index contributed by atoms with van der Waals surface area (Å²) in [6, 6.07) is 2.49. The molecule has 0 heterocycles. The standard InChI is InChI=1S/C19H26BrFO5/c1-12(6-7-17(22)26-19(2,3)4)8-9-25-16-11-15(21)14(20)10-13(16)18(23)24-5/h10-12H,6-9H2,1-5H3. The van der Waals surface area contributed by atoms with Crippen LogP contribution in [-0.4, -0.2) is 31.3 Å². The number of hydrogen-bond donors (Lipinski definition) is 0. The third-order valence-electron chi connectivity index (χ3n) is 3.56. The van der Waals surface area contributed by atoms with Crippen molar-refractivity contribution >= 4 is 27.9 Å². The van der Waals surface area contributed by atoms with E-state index < -0.39 is 17.4 Å². The lowest BCUT2D eigenvalue weighted by Gasteiger charge is -2.20. The Kier molecular flexibility index (Phi) is 8.53. The minimum Gasteiger partial charge on any atom is -0.493 e. The van der Waals surface area contributed by atoms with Gasteiger partial charge in [-0.15, -0.1) is 0 Å². The highest BCUT2D eigenvalue weighted by molar-refractivity contribution is 9.10. The van der Waals surface area contributed by atoms with Crippen molar-refractivity contribution in [3.8, 4) is 5.75 Å². The van der Waals surface area contributed by atoms with Crippen LogP contribution < -0.4 is 4.74 Å². The number of carbonyl (C=O) groups excluding carboxylic acids is 2. The van der Waals surface area contributed by atoms with E-state index in [1.807, 2.05) is 27.7 Å². The van der Waals surface area contributed by atoms with Gasteiger partial charge in [0.25, 0.3) is 0 Å². The van der Waals surface area contributed by atoms with Crippen molar-refractivity contribution in [3.63, 3.8) is 0 Å². The maximum atomic E-state index is 13.7. The molecule has 1 atom stereocenters. The van der Waals surface area contributed by atoms with Crippen molar-refractivity contribution in [3.05, 3.63) is 28.0 Å². The Balaban J connectivity index is 2.53. The molecule has 0 saturated carbocycles. The minimum atomic E-state index is -0.598. The van der Waals surface area contributed by atoms with Gasteiger partial charge < -0.3 is 14.2 Å². The zero-order valence-electron chi connectivity index (χ0n) is 15.9. The lowest BCUT2D eigenvalue weighted by molar-refractivity contribution is -0.155. The van der Waals surface area contributed by atoms with Crippen LogP contribution in [0.1, 0.15) is 57.3 Å². The van der Waals surface area contributed by atoms with E-state index in [0.29, 0.717) is 25.9 Å². The van der Waals surface area contributed by atoms with Crippen molar-refractivity contribution in [2.75, 3.05) is 13.7 Å². The zero-order valence-corrected chi connectivity index (χ0v) is 17.4. The quantitative estimate of drug-likeness (QED) is 0.546. The Morgan fingerprint density at radius 1 is 1.23 bits per heavy atom. The predicted molar refractivity (Wildman–Crippen MR) is 99.8 cm³/mol. The molecular weight excluding hydrogens is 407 g/mol. The molecule has 0 spiro atoms. The minimum absolute atomic E-state index is 0.136. The molecule has 0 amide bonds. The average Bonchev–Trinajstić information content (AvgIpc) is 2.53. The zero-order chi connectivity index (χ0) is 19.9. The van der Waals surface area contributed by atoms with E-state index in [4.69, 9.17) is 14.2 Å². The first-order valence-electron chi connectivity index (χ1n) is 8.45. The molecule has 146 valence electrons. The Hall–Kier alpha value is -1.63. The first kappa shape index (κ1) is 22.4. The number of ether oxygens (including phenoxy) is 3. The molecule has 0 aromatic heterocycles. The Morgan fingerprint density at radius 3 is 2.46 bits per heavy atom. The van der Waals surface area contributed by atoms with Gasteiger partial charge in [-0.05, 0) is 61.5 Å². The Labute approximate surface area is 162 Å². The molecule has 1 unspecified atom stereocenters. The molecule has 0 saturated heterocycles. The van der Waals surface area contributed by atoms with Gasteiger partial charge in [-0.25, -0.2) is 9.18 Å². The highest BCUT2D eigenvalue weighted by Crippen LogP contribution is 2.27. The van der Waals surface area contributed by atoms with Gasteiger partial charge >= 0.3 is 11.9 Å². The molecule has 1 rings (SSSR count). The Bertz CT molecular complexity index is 640. The Morgan fingerprint density at radius 2 is 1.88 bits per heavy atom. The van der Waals surface area contributed by atoms with Gasteiger partial charge in [-0.3, -0.25) is 4.79 Å². The van der Waals surface area contributed by atoms with Gasteiger partial charge in [-0.2, -0.15) is 0 Å². The predicted octanol–water partition coefficient (Wildman–Crippen LogP) is 4.90. The highest BCUT2D eigenvalue weighted by atomic mass is 79.9. The van der Waals surface area contributed by atoms with E-state index in [0.717, 1.165) is 6.07 Å². The summed E-state index contributed by atoms with van der Waals surface area (Å²) < 4.78 is 29.4. The fourth-order valence-corrected chi connectivity index (χ4v) is 2.53. The van der Waals surface area contributed by atoms with E-state index in [-0.39, 0.29) is 27.7 Å². The molecule has 0 radical (unpaired) electrons. The number of benzene rings is 1. The van der Waals surface area contributed by atoms with Crippen molar-refractivity contribution in [1.82, 2.24) is 0 Å². The molecule has 26 heavy (non-hydrogen) atoms. The summed E-state index contributed by atoms with van der Waals surface area (Å²) in [6.45, 7) is 7.78. The van der Waals surface area contributed by atoms with E-state index in [1.165, 1.54) is 13.2 Å². The molecule has 0 aliphatic rings. The molecule has 0 fully saturated rings. The lowest BCUT2D eigenvalue weighted by Crippen LogP contribution is -2.24. The number of methoxy groups -OCH3 is 1. The molecule has 5 nitrogen and oxygen atoms in total. The van der Waals surface area contributed by atoms with Crippen LogP contribution in [-0.2, 0) is 14.3 Å². The summed E-state index contributed by atoms with van der Waals surface area (Å²) in [5.74, 6) is -1.00. The van der Waals surface area contributed by atoms with Gasteiger partial charge in [0.05, 0.1) is 18.2 Å². The number of esters is 2. The normalized spacial score (nSPS) is 12.4. The fourth-order valence-electron chi connectivity index (χ4n) is 2.19. The summed E-state index contributed by atoms with van der Waals surface area (Å²) in [5, 5.41) is 0. The van der Waals surface area contributed by atoms with Crippen molar-refractivity contribution in [2.45, 2.75) is 52.6 Å². The number of hydrogen-bond acceptors (Lipinski definition) is 5. The first-order chi connectivity index (χ1) is 12.0. The second kappa shape index (κ2) is 9.90. The van der Waals surface area contributed by atoms with Gasteiger partial charge in [0.1, 0.15) is 22.7 Å². The summed E-state index contributed by atoms with van der Waals surface area (Å²) in [6.07, 6.45) is 1.65. The summed E-state index contributed by atoms with van der Waals surface area (Å²) >= 11 is 3.04. The van der Waals surface area contributed by atoms with E-state index >= 15 is 0 Å². The third-order valence-corrected chi connectivity index (χ3v) is 4.16. The van der Waals surface area contributed by atoms with Crippen LogP contribution in [0.4, 0.5) is 4.39 Å². The monoisotopic (exact) mass is 432 g/mol. The van der Waals surface area contributed by atoms with Crippen molar-refractivity contribution in [2.24, 2.45) is 5.92 Å². The van der Waals surface area contributed by atoms with Gasteiger partial charge in [-0.1, -0.05) is 6.92 Å². The summed E-state index contributed by atoms with van der Waals surface area (Å²) in [4.78, 5) is 23.5. The fraction of sp³-hybridized carbons (Fsp3) is 0.579. The molecule has 0 aliphatic carbocycles. The molecule has 1 aromatic rings. The van der Waals surface area contributed by atoms with E-state index in [9.17, 15) is 14.0 Å². The van der Waals surface area contributed by atoms with Crippen LogP contribution in [0.2, 0.25) is 0 Å². The van der Waals surface area contributed by atoms with Gasteiger partial charge in [0, 0.05) is 12.5 Å². The largest absolute Gasteiger partial charge is 0.493 e. The van der Waals surface area contributed by atoms with E-state index in [2.05, 4.69) is 15.9 Å². The van der Waals surface area contributed by atoms with Crippen LogP contribution in [0.5, 0.6) is 5.75 Å². The molecule has 0 bridgehead atoms. The number of carbonyl (C=O) groups is 2. The van der Waals surface area contributed by atoms with Crippen molar-refractivity contribution in [1.29, 1.82) is 0 Å². The molecule has 1 aromatic carbocycles. The van der Waals surface area contributed by atoms with E-state index in [1.54, 1.807) is 0 Å². The first-order valence-corrected chi connectivity index (χ1v) is 9.24. The van der Waals surface area contributed by atoms with Crippen LogP contribution >= 0.6 is 15.9 Å².